The predicted molar refractivity (Wildman–Crippen MR) is 129 cm³/mol. The van der Waals surface area contributed by atoms with Crippen LogP contribution in [0.25, 0.3) is 0 Å². The maximum atomic E-state index is 13.6. The van der Waals surface area contributed by atoms with Gasteiger partial charge in [0.1, 0.15) is 17.8 Å². The third-order valence-electron chi connectivity index (χ3n) is 7.00. The number of hydrogen-bond donors (Lipinski definition) is 2. The number of nitrogens with zero attached hydrogens (tertiary/aromatic N) is 2. The lowest BCUT2D eigenvalue weighted by Gasteiger charge is -2.29. The van der Waals surface area contributed by atoms with E-state index in [4.69, 9.17) is 4.74 Å². The number of carbonyl (C=O) groups excluding carboxylic acids is 4. The van der Waals surface area contributed by atoms with Crippen LogP contribution in [0.3, 0.4) is 0 Å². The lowest BCUT2D eigenvalue weighted by Crippen LogP contribution is -2.53. The second kappa shape index (κ2) is 9.69. The number of nitrogens with one attached hydrogen (secondary N) is 2. The second-order valence-corrected chi connectivity index (χ2v) is 10.2. The van der Waals surface area contributed by atoms with Crippen molar-refractivity contribution in [3.63, 3.8) is 0 Å². The molecule has 0 aliphatic carbocycles. The Hall–Kier alpha value is -3.40. The Labute approximate surface area is 207 Å². The number of ether oxygens (including phenoxy) is 1. The molecule has 5 rings (SSSR count). The van der Waals surface area contributed by atoms with Crippen LogP contribution < -0.4 is 15.4 Å². The van der Waals surface area contributed by atoms with Crippen LogP contribution in [-0.2, 0) is 32.0 Å². The lowest BCUT2D eigenvalue weighted by molar-refractivity contribution is -0.144. The maximum Gasteiger partial charge on any atom is 0.248 e. The first kappa shape index (κ1) is 23.3. The van der Waals surface area contributed by atoms with E-state index in [0.29, 0.717) is 25.1 Å². The number of fused-ring (bicyclic) bond motifs is 2. The standard InChI is InChI=1S/C25H28N4O5S/c1-34-20-7-3-2-5-15(20)11-21(30)26-16-12-19-24(32)27-18-8-9-28(23(18)25(33)29(19)14-16)22(31)13-17-6-4-10-35-17/h2-7,10,16,18-19,23H,8-9,11-14H2,1H3,(H,26,30)(H,27,32)/t16-,18-,19+,23+/m1/s1. The first-order valence-electron chi connectivity index (χ1n) is 11.8. The van der Waals surface area contributed by atoms with E-state index >= 15 is 0 Å². The van der Waals surface area contributed by atoms with E-state index in [1.54, 1.807) is 23.0 Å². The molecule has 2 N–H and O–H groups in total. The molecule has 184 valence electrons. The monoisotopic (exact) mass is 496 g/mol. The molecule has 3 fully saturated rings. The molecule has 9 nitrogen and oxygen atoms in total. The van der Waals surface area contributed by atoms with Gasteiger partial charge in [-0.3, -0.25) is 19.2 Å². The smallest absolute Gasteiger partial charge is 0.248 e. The van der Waals surface area contributed by atoms with Crippen LogP contribution >= 0.6 is 11.3 Å². The Morgan fingerprint density at radius 3 is 2.77 bits per heavy atom. The van der Waals surface area contributed by atoms with E-state index in [1.807, 2.05) is 35.7 Å². The van der Waals surface area contributed by atoms with Crippen LogP contribution in [0.15, 0.2) is 41.8 Å². The van der Waals surface area contributed by atoms with Crippen molar-refractivity contribution in [2.45, 2.75) is 49.9 Å². The average molecular weight is 497 g/mol. The molecule has 3 saturated heterocycles. The van der Waals surface area contributed by atoms with E-state index < -0.39 is 12.1 Å². The fraction of sp³-hybridized carbons (Fsp3) is 0.440. The van der Waals surface area contributed by atoms with Crippen molar-refractivity contribution in [3.05, 3.63) is 52.2 Å². The molecule has 3 aliphatic rings. The molecule has 3 aliphatic heterocycles. The van der Waals surface area contributed by atoms with Gasteiger partial charge in [0.15, 0.2) is 0 Å². The Balaban J connectivity index is 1.26. The summed E-state index contributed by atoms with van der Waals surface area (Å²) < 4.78 is 5.32. The summed E-state index contributed by atoms with van der Waals surface area (Å²) in [5.74, 6) is -0.118. The predicted octanol–water partition coefficient (Wildman–Crippen LogP) is 0.727. The zero-order chi connectivity index (χ0) is 24.5. The topological polar surface area (TPSA) is 108 Å². The number of thiophene rings is 1. The molecule has 1 aromatic carbocycles. The summed E-state index contributed by atoms with van der Waals surface area (Å²) in [6, 6.07) is 9.03. The van der Waals surface area contributed by atoms with Crippen LogP contribution in [0.4, 0.5) is 0 Å². The summed E-state index contributed by atoms with van der Waals surface area (Å²) in [6.07, 6.45) is 1.28. The number of hydrogen-bond acceptors (Lipinski definition) is 6. The third kappa shape index (κ3) is 4.62. The molecule has 0 saturated carbocycles. The minimum atomic E-state index is -0.709. The maximum absolute atomic E-state index is 13.6. The van der Waals surface area contributed by atoms with Gasteiger partial charge in [-0.15, -0.1) is 11.3 Å². The van der Waals surface area contributed by atoms with E-state index in [0.717, 1.165) is 10.4 Å². The molecular formula is C25H28N4O5S. The Morgan fingerprint density at radius 1 is 1.17 bits per heavy atom. The number of carbonyl (C=O) groups is 4. The van der Waals surface area contributed by atoms with E-state index in [-0.39, 0.29) is 55.1 Å². The molecule has 35 heavy (non-hydrogen) atoms. The Bertz CT molecular complexity index is 1140. The van der Waals surface area contributed by atoms with Gasteiger partial charge in [-0.25, -0.2) is 0 Å². The zero-order valence-electron chi connectivity index (χ0n) is 19.4. The number of benzene rings is 1. The highest BCUT2D eigenvalue weighted by atomic mass is 32.1. The largest absolute Gasteiger partial charge is 0.496 e. The molecule has 0 spiro atoms. The second-order valence-electron chi connectivity index (χ2n) is 9.19. The van der Waals surface area contributed by atoms with Gasteiger partial charge >= 0.3 is 0 Å². The number of likely N-dealkylation sites (tertiary alicyclic amines) is 1. The van der Waals surface area contributed by atoms with Crippen molar-refractivity contribution in [1.82, 2.24) is 20.4 Å². The van der Waals surface area contributed by atoms with Gasteiger partial charge in [-0.05, 0) is 30.4 Å². The first-order chi connectivity index (χ1) is 16.9. The van der Waals surface area contributed by atoms with Crippen LogP contribution in [-0.4, -0.2) is 77.8 Å². The number of methoxy groups -OCH3 is 1. The number of amides is 4. The van der Waals surface area contributed by atoms with E-state index in [1.165, 1.54) is 11.3 Å². The fourth-order valence-corrected chi connectivity index (χ4v) is 6.07. The Morgan fingerprint density at radius 2 is 2.00 bits per heavy atom. The van der Waals surface area contributed by atoms with Gasteiger partial charge in [0.05, 0.1) is 26.0 Å². The fourth-order valence-electron chi connectivity index (χ4n) is 5.37. The minimum absolute atomic E-state index is 0.109. The first-order valence-corrected chi connectivity index (χ1v) is 12.7. The number of rotatable bonds is 6. The lowest BCUT2D eigenvalue weighted by atomic mass is 10.1. The molecule has 4 heterocycles. The van der Waals surface area contributed by atoms with Gasteiger partial charge < -0.3 is 25.2 Å². The van der Waals surface area contributed by atoms with Gasteiger partial charge in [0.25, 0.3) is 0 Å². The average Bonchev–Trinajstić information content (AvgIpc) is 3.58. The molecule has 4 atom stereocenters. The van der Waals surface area contributed by atoms with Crippen molar-refractivity contribution in [3.8, 4) is 5.75 Å². The molecule has 0 unspecified atom stereocenters. The summed E-state index contributed by atoms with van der Waals surface area (Å²) in [6.45, 7) is 0.675. The van der Waals surface area contributed by atoms with E-state index in [2.05, 4.69) is 10.6 Å². The van der Waals surface area contributed by atoms with Crippen LogP contribution in [0.5, 0.6) is 5.75 Å². The SMILES string of the molecule is COc1ccccc1CC(=O)N[C@@H]1C[C@H]2C(=O)N[C@@H]3CCN(C(=O)Cc4cccs4)[C@@H]3C(=O)N2C1. The quantitative estimate of drug-likeness (QED) is 0.613. The van der Waals surface area contributed by atoms with Gasteiger partial charge in [0, 0.05) is 29.6 Å². The van der Waals surface area contributed by atoms with E-state index in [9.17, 15) is 19.2 Å². The molecule has 2 aromatic rings. The minimum Gasteiger partial charge on any atom is -0.496 e. The van der Waals surface area contributed by atoms with Crippen molar-refractivity contribution in [1.29, 1.82) is 0 Å². The van der Waals surface area contributed by atoms with Crippen molar-refractivity contribution < 1.29 is 23.9 Å². The summed E-state index contributed by atoms with van der Waals surface area (Å²) in [5.41, 5.74) is 0.766. The normalized spacial score (nSPS) is 25.5. The molecule has 10 heteroatoms. The van der Waals surface area contributed by atoms with Crippen LogP contribution in [0.1, 0.15) is 23.3 Å². The van der Waals surface area contributed by atoms with Gasteiger partial charge in [-0.2, -0.15) is 0 Å². The van der Waals surface area contributed by atoms with Gasteiger partial charge in [0.2, 0.25) is 23.6 Å². The summed E-state index contributed by atoms with van der Waals surface area (Å²) in [5, 5.41) is 7.89. The number of para-hydroxylation sites is 1. The van der Waals surface area contributed by atoms with Crippen molar-refractivity contribution >= 4 is 35.0 Å². The summed E-state index contributed by atoms with van der Waals surface area (Å²) in [7, 11) is 1.56. The highest BCUT2D eigenvalue weighted by Gasteiger charge is 2.52. The third-order valence-corrected chi connectivity index (χ3v) is 7.88. The highest BCUT2D eigenvalue weighted by Crippen LogP contribution is 2.30. The Kier molecular flexibility index (Phi) is 6.46. The highest BCUT2D eigenvalue weighted by molar-refractivity contribution is 7.10. The summed E-state index contributed by atoms with van der Waals surface area (Å²) >= 11 is 1.51. The molecular weight excluding hydrogens is 468 g/mol. The molecule has 0 radical (unpaired) electrons. The van der Waals surface area contributed by atoms with Crippen LogP contribution in [0, 0.1) is 0 Å². The molecule has 4 amide bonds. The molecule has 1 aromatic heterocycles. The van der Waals surface area contributed by atoms with Crippen molar-refractivity contribution in [2.24, 2.45) is 0 Å². The van der Waals surface area contributed by atoms with Crippen LogP contribution in [0.2, 0.25) is 0 Å². The zero-order valence-corrected chi connectivity index (χ0v) is 20.3. The van der Waals surface area contributed by atoms with Crippen molar-refractivity contribution in [2.75, 3.05) is 20.2 Å². The molecule has 0 bridgehead atoms. The van der Waals surface area contributed by atoms with Gasteiger partial charge in [-0.1, -0.05) is 24.3 Å². The summed E-state index contributed by atoms with van der Waals surface area (Å²) in [4.78, 5) is 56.4.